The molecule has 0 heterocycles. The second kappa shape index (κ2) is 9.57. The van der Waals surface area contributed by atoms with E-state index >= 15 is 4.39 Å². The fourth-order valence-electron chi connectivity index (χ4n) is 7.83. The molecule has 5 fully saturated rings. The van der Waals surface area contributed by atoms with E-state index in [0.29, 0.717) is 18.3 Å². The fourth-order valence-corrected chi connectivity index (χ4v) is 7.83. The molecular formula is C31H44FNO4. The maximum Gasteiger partial charge on any atom is 0.329 e. The summed E-state index contributed by atoms with van der Waals surface area (Å²) in [6.45, 7) is 9.78. The van der Waals surface area contributed by atoms with Gasteiger partial charge in [0.1, 0.15) is 23.2 Å². The molecule has 5 nitrogen and oxygen atoms in total. The molecule has 6 heteroatoms. The lowest BCUT2D eigenvalue weighted by molar-refractivity contribution is -0.161. The molecule has 6 rings (SSSR count). The highest BCUT2D eigenvalue weighted by molar-refractivity contribution is 5.97. The average molecular weight is 514 g/mol. The highest BCUT2D eigenvalue weighted by Crippen LogP contribution is 2.60. The van der Waals surface area contributed by atoms with E-state index in [9.17, 15) is 9.59 Å². The van der Waals surface area contributed by atoms with Crippen molar-refractivity contribution in [1.29, 1.82) is 0 Å². The van der Waals surface area contributed by atoms with E-state index in [1.807, 2.05) is 13.8 Å². The van der Waals surface area contributed by atoms with Gasteiger partial charge in [-0.15, -0.1) is 0 Å². The minimum Gasteiger partial charge on any atom is -0.493 e. The van der Waals surface area contributed by atoms with Gasteiger partial charge in [0.25, 0.3) is 5.91 Å². The van der Waals surface area contributed by atoms with Gasteiger partial charge in [-0.25, -0.2) is 9.18 Å². The number of halogens is 1. The van der Waals surface area contributed by atoms with Gasteiger partial charge < -0.3 is 14.4 Å². The van der Waals surface area contributed by atoms with Crippen LogP contribution in [0.4, 0.5) is 4.39 Å². The van der Waals surface area contributed by atoms with Crippen LogP contribution in [0.15, 0.2) is 12.1 Å². The number of rotatable bonds is 8. The topological polar surface area (TPSA) is 55.8 Å². The van der Waals surface area contributed by atoms with Crippen LogP contribution in [0.3, 0.4) is 0 Å². The molecular weight excluding hydrogens is 469 g/mol. The van der Waals surface area contributed by atoms with Gasteiger partial charge in [0.05, 0.1) is 12.2 Å². The summed E-state index contributed by atoms with van der Waals surface area (Å²) in [5, 5.41) is 0. The van der Waals surface area contributed by atoms with Crippen LogP contribution < -0.4 is 4.74 Å². The Morgan fingerprint density at radius 3 is 2.11 bits per heavy atom. The highest BCUT2D eigenvalue weighted by Gasteiger charge is 2.51. The number of amides is 1. The standard InChI is InChI=1S/C31H44FNO4/c1-18(2)27(29(35)37-30(3,4)5)33(6)28(34)24-12-23(22-7-8-22)26(13-25(24)32)36-17-31-14-19-9-20(15-31)11-21(10-19)16-31/h12-13,18-22,27H,7-11,14-17H2,1-6H3. The summed E-state index contributed by atoms with van der Waals surface area (Å²) < 4.78 is 27.5. The van der Waals surface area contributed by atoms with Crippen LogP contribution in [0, 0.1) is 34.9 Å². The molecule has 1 aromatic rings. The van der Waals surface area contributed by atoms with Gasteiger partial charge >= 0.3 is 5.97 Å². The Morgan fingerprint density at radius 2 is 1.62 bits per heavy atom. The summed E-state index contributed by atoms with van der Waals surface area (Å²) in [6.07, 6.45) is 9.91. The van der Waals surface area contributed by atoms with Crippen molar-refractivity contribution in [1.82, 2.24) is 4.90 Å². The van der Waals surface area contributed by atoms with Crippen LogP contribution in [0.2, 0.25) is 0 Å². The van der Waals surface area contributed by atoms with Gasteiger partial charge in [-0.05, 0) is 113 Å². The highest BCUT2D eigenvalue weighted by atomic mass is 19.1. The minimum atomic E-state index is -0.803. The average Bonchev–Trinajstić information content (AvgIpc) is 3.60. The summed E-state index contributed by atoms with van der Waals surface area (Å²) >= 11 is 0. The van der Waals surface area contributed by atoms with Crippen molar-refractivity contribution in [3.63, 3.8) is 0 Å². The molecule has 0 radical (unpaired) electrons. The number of ether oxygens (including phenoxy) is 2. The maximum atomic E-state index is 15.5. The molecule has 0 spiro atoms. The van der Waals surface area contributed by atoms with E-state index in [1.165, 1.54) is 49.5 Å². The number of hydrogen-bond donors (Lipinski definition) is 0. The van der Waals surface area contributed by atoms with Crippen molar-refractivity contribution in [3.05, 3.63) is 29.1 Å². The third-order valence-corrected chi connectivity index (χ3v) is 9.06. The summed E-state index contributed by atoms with van der Waals surface area (Å²) in [5.74, 6) is 1.66. The van der Waals surface area contributed by atoms with Gasteiger partial charge in [0.2, 0.25) is 0 Å². The first-order valence-corrected chi connectivity index (χ1v) is 14.3. The predicted octanol–water partition coefficient (Wildman–Crippen LogP) is 6.74. The number of nitrogens with zero attached hydrogens (tertiary/aromatic N) is 1. The molecule has 1 aromatic carbocycles. The van der Waals surface area contributed by atoms with E-state index < -0.39 is 29.3 Å². The van der Waals surface area contributed by atoms with Crippen LogP contribution in [0.1, 0.15) is 108 Å². The van der Waals surface area contributed by atoms with Gasteiger partial charge in [0.15, 0.2) is 0 Å². The number of benzene rings is 1. The summed E-state index contributed by atoms with van der Waals surface area (Å²) in [4.78, 5) is 27.8. The van der Waals surface area contributed by atoms with E-state index in [4.69, 9.17) is 9.47 Å². The Kier molecular flexibility index (Phi) is 6.85. The SMILES string of the molecule is CC(C)C(C(=O)OC(C)(C)C)N(C)C(=O)c1cc(C2CC2)c(OCC23CC4CC(CC(C4)C2)C3)cc1F. The second-order valence-corrected chi connectivity index (χ2v) is 14.0. The molecule has 37 heavy (non-hydrogen) atoms. The van der Waals surface area contributed by atoms with Gasteiger partial charge in [-0.2, -0.15) is 0 Å². The first kappa shape index (κ1) is 26.5. The molecule has 5 aliphatic rings. The smallest absolute Gasteiger partial charge is 0.329 e. The van der Waals surface area contributed by atoms with Crippen molar-refractivity contribution in [3.8, 4) is 5.75 Å². The Balaban J connectivity index is 1.35. The van der Waals surface area contributed by atoms with E-state index in [2.05, 4.69) is 0 Å². The fraction of sp³-hybridized carbons (Fsp3) is 0.742. The number of carbonyl (C=O) groups excluding carboxylic acids is 2. The van der Waals surface area contributed by atoms with Crippen molar-refractivity contribution < 1.29 is 23.5 Å². The Morgan fingerprint density at radius 1 is 1.05 bits per heavy atom. The molecule has 0 aromatic heterocycles. The van der Waals surface area contributed by atoms with Crippen LogP contribution in [-0.4, -0.2) is 42.1 Å². The maximum absolute atomic E-state index is 15.5. The van der Waals surface area contributed by atoms with Gasteiger partial charge in [0, 0.05) is 18.5 Å². The third kappa shape index (κ3) is 5.54. The van der Waals surface area contributed by atoms with Crippen LogP contribution in [-0.2, 0) is 9.53 Å². The second-order valence-electron chi connectivity index (χ2n) is 14.0. The molecule has 1 amide bonds. The first-order chi connectivity index (χ1) is 17.3. The molecule has 0 saturated heterocycles. The third-order valence-electron chi connectivity index (χ3n) is 9.06. The molecule has 5 saturated carbocycles. The summed E-state index contributed by atoms with van der Waals surface area (Å²) in [6, 6.07) is 2.31. The monoisotopic (exact) mass is 513 g/mol. The molecule has 1 atom stereocenters. The van der Waals surface area contributed by atoms with Crippen LogP contribution in [0.5, 0.6) is 5.75 Å². The number of esters is 1. The Bertz CT molecular complexity index is 1020. The molecule has 4 bridgehead atoms. The first-order valence-electron chi connectivity index (χ1n) is 14.3. The largest absolute Gasteiger partial charge is 0.493 e. The summed E-state index contributed by atoms with van der Waals surface area (Å²) in [7, 11) is 1.56. The minimum absolute atomic E-state index is 0.000707. The number of likely N-dealkylation sites (N-methyl/N-ethyl adjacent to an activating group) is 1. The molecule has 0 aliphatic heterocycles. The summed E-state index contributed by atoms with van der Waals surface area (Å²) in [5.41, 5.74) is 0.495. The normalized spacial score (nSPS) is 29.4. The van der Waals surface area contributed by atoms with E-state index in [0.717, 1.165) is 36.2 Å². The molecule has 5 aliphatic carbocycles. The number of hydrogen-bond acceptors (Lipinski definition) is 4. The molecule has 204 valence electrons. The zero-order valence-corrected chi connectivity index (χ0v) is 23.4. The van der Waals surface area contributed by atoms with Crippen LogP contribution in [0.25, 0.3) is 0 Å². The van der Waals surface area contributed by atoms with Crippen molar-refractivity contribution >= 4 is 11.9 Å². The van der Waals surface area contributed by atoms with E-state index in [1.54, 1.807) is 33.9 Å². The van der Waals surface area contributed by atoms with Crippen molar-refractivity contribution in [2.75, 3.05) is 13.7 Å². The lowest BCUT2D eigenvalue weighted by atomic mass is 9.50. The molecule has 0 N–H and O–H groups in total. The zero-order valence-electron chi connectivity index (χ0n) is 23.4. The Labute approximate surface area is 221 Å². The van der Waals surface area contributed by atoms with E-state index in [-0.39, 0.29) is 16.9 Å². The zero-order chi connectivity index (χ0) is 26.7. The van der Waals surface area contributed by atoms with Crippen molar-refractivity contribution in [2.24, 2.45) is 29.1 Å². The predicted molar refractivity (Wildman–Crippen MR) is 141 cm³/mol. The van der Waals surface area contributed by atoms with Crippen LogP contribution >= 0.6 is 0 Å². The molecule has 1 unspecified atom stereocenters. The lowest BCUT2D eigenvalue weighted by Crippen LogP contribution is -2.48. The number of carbonyl (C=O) groups is 2. The van der Waals surface area contributed by atoms with Gasteiger partial charge in [-0.1, -0.05) is 13.8 Å². The van der Waals surface area contributed by atoms with Crippen molar-refractivity contribution in [2.45, 2.75) is 104 Å². The quantitative estimate of drug-likeness (QED) is 0.361. The van der Waals surface area contributed by atoms with Gasteiger partial charge in [-0.3, -0.25) is 4.79 Å². The Hall–Kier alpha value is -2.11. The lowest BCUT2D eigenvalue weighted by Gasteiger charge is -2.56.